The maximum atomic E-state index is 13.5. The molecular weight excluding hydrogens is 333 g/mol. The zero-order chi connectivity index (χ0) is 18.1. The number of nitrogens with one attached hydrogen (secondary N) is 1. The van der Waals surface area contributed by atoms with Gasteiger partial charge in [-0.15, -0.1) is 0 Å². The molecule has 0 radical (unpaired) electrons. The van der Waals surface area contributed by atoms with Gasteiger partial charge in [0.1, 0.15) is 17.3 Å². The number of pyridine rings is 1. The van der Waals surface area contributed by atoms with Gasteiger partial charge in [-0.2, -0.15) is 0 Å². The fourth-order valence-electron chi connectivity index (χ4n) is 2.88. The molecule has 1 aromatic carbocycles. The molecule has 0 aliphatic heterocycles. The van der Waals surface area contributed by atoms with E-state index in [2.05, 4.69) is 10.3 Å². The maximum Gasteiger partial charge on any atom is 0.273 e. The van der Waals surface area contributed by atoms with E-state index in [1.165, 1.54) is 12.1 Å². The maximum absolute atomic E-state index is 13.5. The van der Waals surface area contributed by atoms with Crippen molar-refractivity contribution >= 4 is 22.8 Å². The molecule has 130 valence electrons. The van der Waals surface area contributed by atoms with Crippen molar-refractivity contribution in [1.29, 1.82) is 0 Å². The zero-order valence-corrected chi connectivity index (χ0v) is 14.1. The first-order chi connectivity index (χ1) is 12.6. The minimum atomic E-state index is -0.312. The second kappa shape index (κ2) is 6.48. The number of hydrogen-bond donors (Lipinski definition) is 1. The molecule has 0 saturated carbocycles. The zero-order valence-electron chi connectivity index (χ0n) is 14.1. The number of fused-ring (bicyclic) bond motifs is 1. The smallest absolute Gasteiger partial charge is 0.273 e. The highest BCUT2D eigenvalue weighted by Crippen LogP contribution is 2.23. The lowest BCUT2D eigenvalue weighted by atomic mass is 10.2. The molecule has 0 aliphatic rings. The van der Waals surface area contributed by atoms with E-state index >= 15 is 0 Å². The van der Waals surface area contributed by atoms with E-state index in [1.54, 1.807) is 41.3 Å². The number of halogens is 1. The number of hydrogen-bond acceptors (Lipinski definition) is 3. The molecule has 5 nitrogen and oxygen atoms in total. The highest BCUT2D eigenvalue weighted by molar-refractivity contribution is 6.05. The van der Waals surface area contributed by atoms with E-state index in [-0.39, 0.29) is 11.7 Å². The number of nitrogens with zero attached hydrogens (tertiary/aromatic N) is 2. The highest BCUT2D eigenvalue weighted by atomic mass is 19.1. The Morgan fingerprint density at radius 3 is 2.88 bits per heavy atom. The summed E-state index contributed by atoms with van der Waals surface area (Å²) in [6.45, 7) is 2.28. The Bertz CT molecular complexity index is 1080. The van der Waals surface area contributed by atoms with Crippen molar-refractivity contribution in [2.45, 2.75) is 13.5 Å². The van der Waals surface area contributed by atoms with E-state index in [0.29, 0.717) is 23.6 Å². The van der Waals surface area contributed by atoms with Crippen LogP contribution < -0.4 is 5.32 Å². The van der Waals surface area contributed by atoms with Crippen LogP contribution in [0.2, 0.25) is 0 Å². The van der Waals surface area contributed by atoms with Crippen LogP contribution in [0.15, 0.2) is 65.4 Å². The summed E-state index contributed by atoms with van der Waals surface area (Å²) in [4.78, 5) is 17.0. The Labute approximate surface area is 149 Å². The fourth-order valence-corrected chi connectivity index (χ4v) is 2.88. The van der Waals surface area contributed by atoms with Crippen LogP contribution in [0, 0.1) is 12.7 Å². The topological polar surface area (TPSA) is 60.1 Å². The Balaban J connectivity index is 1.69. The fraction of sp³-hybridized carbons (Fsp3) is 0.100. The lowest BCUT2D eigenvalue weighted by Crippen LogP contribution is -2.18. The summed E-state index contributed by atoms with van der Waals surface area (Å²) in [5.41, 5.74) is 3.56. The molecule has 0 fully saturated rings. The molecule has 3 aromatic heterocycles. The van der Waals surface area contributed by atoms with Crippen LogP contribution in [0.5, 0.6) is 0 Å². The number of aryl methyl sites for hydroxylation is 1. The number of benzene rings is 1. The van der Waals surface area contributed by atoms with E-state index in [1.807, 2.05) is 19.1 Å². The van der Waals surface area contributed by atoms with Crippen molar-refractivity contribution in [2.75, 3.05) is 5.32 Å². The number of carbonyl (C=O) groups excluding carboxylic acids is 1. The summed E-state index contributed by atoms with van der Waals surface area (Å²) in [7, 11) is 0. The monoisotopic (exact) mass is 349 g/mol. The molecule has 4 rings (SSSR count). The molecule has 3 heterocycles. The molecular formula is C20H16FN3O2. The Morgan fingerprint density at radius 2 is 2.12 bits per heavy atom. The lowest BCUT2D eigenvalue weighted by Gasteiger charge is -2.10. The number of aromatic nitrogens is 2. The average molecular weight is 349 g/mol. The quantitative estimate of drug-likeness (QED) is 0.595. The first-order valence-electron chi connectivity index (χ1n) is 8.15. The standard InChI is InChI=1S/C20H16FN3O2/c1-13-5-6-19(22-11-13)23-20(25)17-10-18-16(7-8-26-18)24(17)12-14-3-2-4-15(21)9-14/h2-11H,12H2,1H3,(H,22,23,25). The van der Waals surface area contributed by atoms with Crippen molar-refractivity contribution in [3.05, 3.63) is 83.6 Å². The summed E-state index contributed by atoms with van der Waals surface area (Å²) in [6.07, 6.45) is 3.25. The number of carbonyl (C=O) groups is 1. The molecule has 0 spiro atoms. The number of amides is 1. The second-order valence-electron chi connectivity index (χ2n) is 6.09. The van der Waals surface area contributed by atoms with Crippen LogP contribution in [-0.4, -0.2) is 15.5 Å². The molecule has 1 amide bonds. The van der Waals surface area contributed by atoms with Gasteiger partial charge in [0.05, 0.1) is 11.8 Å². The van der Waals surface area contributed by atoms with Crippen LogP contribution >= 0.6 is 0 Å². The number of anilines is 1. The summed E-state index contributed by atoms with van der Waals surface area (Å²) >= 11 is 0. The third-order valence-corrected chi connectivity index (χ3v) is 4.14. The van der Waals surface area contributed by atoms with Crippen LogP contribution in [-0.2, 0) is 6.54 Å². The van der Waals surface area contributed by atoms with Crippen molar-refractivity contribution < 1.29 is 13.6 Å². The minimum Gasteiger partial charge on any atom is -0.463 e. The number of furan rings is 1. The predicted molar refractivity (Wildman–Crippen MR) is 96.6 cm³/mol. The van der Waals surface area contributed by atoms with Gasteiger partial charge in [-0.25, -0.2) is 9.37 Å². The average Bonchev–Trinajstić information content (AvgIpc) is 3.20. The van der Waals surface area contributed by atoms with Gasteiger partial charge in [-0.3, -0.25) is 4.79 Å². The van der Waals surface area contributed by atoms with Crippen molar-refractivity contribution in [1.82, 2.24) is 9.55 Å². The third kappa shape index (κ3) is 3.09. The molecule has 6 heteroatoms. The summed E-state index contributed by atoms with van der Waals surface area (Å²) in [5, 5.41) is 2.79. The Morgan fingerprint density at radius 1 is 1.23 bits per heavy atom. The van der Waals surface area contributed by atoms with Gasteiger partial charge in [-0.1, -0.05) is 18.2 Å². The van der Waals surface area contributed by atoms with E-state index in [0.717, 1.165) is 16.6 Å². The summed E-state index contributed by atoms with van der Waals surface area (Å²) in [6, 6.07) is 13.4. The molecule has 0 bridgehead atoms. The molecule has 26 heavy (non-hydrogen) atoms. The third-order valence-electron chi connectivity index (χ3n) is 4.14. The van der Waals surface area contributed by atoms with Gasteiger partial charge in [0.25, 0.3) is 5.91 Å². The van der Waals surface area contributed by atoms with Gasteiger partial charge in [0, 0.05) is 24.9 Å². The molecule has 0 aliphatic carbocycles. The second-order valence-corrected chi connectivity index (χ2v) is 6.09. The van der Waals surface area contributed by atoms with Gasteiger partial charge >= 0.3 is 0 Å². The van der Waals surface area contributed by atoms with Crippen molar-refractivity contribution in [3.8, 4) is 0 Å². The molecule has 1 N–H and O–H groups in total. The molecule has 4 aromatic rings. The van der Waals surface area contributed by atoms with Gasteiger partial charge in [0.2, 0.25) is 0 Å². The van der Waals surface area contributed by atoms with Crippen LogP contribution in [0.4, 0.5) is 10.2 Å². The van der Waals surface area contributed by atoms with Crippen LogP contribution in [0.1, 0.15) is 21.6 Å². The summed E-state index contributed by atoms with van der Waals surface area (Å²) in [5.74, 6) is -0.146. The van der Waals surface area contributed by atoms with Crippen LogP contribution in [0.3, 0.4) is 0 Å². The first kappa shape index (κ1) is 16.1. The van der Waals surface area contributed by atoms with Gasteiger partial charge in [-0.05, 0) is 36.2 Å². The SMILES string of the molecule is Cc1ccc(NC(=O)c2cc3occc3n2Cc2cccc(F)c2)nc1. The highest BCUT2D eigenvalue weighted by Gasteiger charge is 2.18. The van der Waals surface area contributed by atoms with E-state index < -0.39 is 0 Å². The number of rotatable bonds is 4. The van der Waals surface area contributed by atoms with Gasteiger partial charge in [0.15, 0.2) is 5.58 Å². The Hall–Kier alpha value is -3.41. The Kier molecular flexibility index (Phi) is 4.01. The minimum absolute atomic E-state index is 0.302. The van der Waals surface area contributed by atoms with E-state index in [9.17, 15) is 9.18 Å². The van der Waals surface area contributed by atoms with Crippen LogP contribution in [0.25, 0.3) is 11.1 Å². The largest absolute Gasteiger partial charge is 0.463 e. The lowest BCUT2D eigenvalue weighted by molar-refractivity contribution is 0.101. The van der Waals surface area contributed by atoms with E-state index in [4.69, 9.17) is 4.42 Å². The first-order valence-corrected chi connectivity index (χ1v) is 8.15. The van der Waals surface area contributed by atoms with Gasteiger partial charge < -0.3 is 14.3 Å². The normalized spacial score (nSPS) is 11.0. The molecule has 0 saturated heterocycles. The summed E-state index contributed by atoms with van der Waals surface area (Å²) < 4.78 is 20.7. The molecule has 0 atom stereocenters. The van der Waals surface area contributed by atoms with Crippen molar-refractivity contribution in [2.24, 2.45) is 0 Å². The van der Waals surface area contributed by atoms with Crippen molar-refractivity contribution in [3.63, 3.8) is 0 Å². The predicted octanol–water partition coefficient (Wildman–Crippen LogP) is 4.38. The molecule has 0 unspecified atom stereocenters.